The molecule has 2 atom stereocenters. The Labute approximate surface area is 155 Å². The first-order valence-corrected chi connectivity index (χ1v) is 8.96. The van der Waals surface area contributed by atoms with Gasteiger partial charge in [-0.1, -0.05) is 60.7 Å². The van der Waals surface area contributed by atoms with E-state index in [1.54, 1.807) is 0 Å². The quantitative estimate of drug-likeness (QED) is 0.732. The smallest absolute Gasteiger partial charge is 0.163 e. The molecule has 1 heterocycles. The average Bonchev–Trinajstić information content (AvgIpc) is 3.00. The van der Waals surface area contributed by atoms with Gasteiger partial charge in [0.15, 0.2) is 5.79 Å². The summed E-state index contributed by atoms with van der Waals surface area (Å²) in [6.45, 7) is 5.44. The Hall–Kier alpha value is -1.76. The van der Waals surface area contributed by atoms with Gasteiger partial charge in [0.05, 0.1) is 25.9 Å². The second-order valence-corrected chi connectivity index (χ2v) is 7.02. The number of ether oxygens (including phenoxy) is 3. The van der Waals surface area contributed by atoms with Gasteiger partial charge in [0.1, 0.15) is 6.10 Å². The minimum absolute atomic E-state index is 0.255. The molecule has 0 aliphatic carbocycles. The fourth-order valence-corrected chi connectivity index (χ4v) is 3.05. The number of benzene rings is 2. The summed E-state index contributed by atoms with van der Waals surface area (Å²) < 4.78 is 17.5. The molecular weight excluding hydrogens is 330 g/mol. The van der Waals surface area contributed by atoms with E-state index < -0.39 is 5.79 Å². The lowest BCUT2D eigenvalue weighted by Gasteiger charge is -2.30. The van der Waals surface area contributed by atoms with Crippen LogP contribution in [-0.4, -0.2) is 41.4 Å². The first kappa shape index (κ1) is 19.0. The van der Waals surface area contributed by atoms with E-state index in [-0.39, 0.29) is 12.1 Å². The molecule has 1 aliphatic rings. The van der Waals surface area contributed by atoms with Gasteiger partial charge in [0.25, 0.3) is 0 Å². The standard InChI is InChI=1S/C21H27NO4/c1-21(2)25-16-20(26-21)19(15-24-14-18-11-7-4-8-12-18)22(23)13-17-9-5-3-6-10-17/h3-12,19-20,23H,13-16H2,1-2H3/t19-,20+/m0/s1. The summed E-state index contributed by atoms with van der Waals surface area (Å²) in [4.78, 5) is 0. The van der Waals surface area contributed by atoms with Crippen LogP contribution < -0.4 is 0 Å². The van der Waals surface area contributed by atoms with E-state index >= 15 is 0 Å². The predicted molar refractivity (Wildman–Crippen MR) is 98.6 cm³/mol. The summed E-state index contributed by atoms with van der Waals surface area (Å²) in [6.07, 6.45) is -0.255. The molecule has 140 valence electrons. The van der Waals surface area contributed by atoms with Crippen molar-refractivity contribution in [3.63, 3.8) is 0 Å². The zero-order valence-corrected chi connectivity index (χ0v) is 15.4. The van der Waals surface area contributed by atoms with Crippen molar-refractivity contribution in [2.75, 3.05) is 13.2 Å². The molecule has 0 amide bonds. The highest BCUT2D eigenvalue weighted by molar-refractivity contribution is 5.15. The van der Waals surface area contributed by atoms with Crippen LogP contribution >= 0.6 is 0 Å². The molecule has 2 aromatic rings. The lowest BCUT2D eigenvalue weighted by atomic mass is 10.1. The van der Waals surface area contributed by atoms with Crippen LogP contribution in [0.15, 0.2) is 60.7 Å². The highest BCUT2D eigenvalue weighted by atomic mass is 16.7. The van der Waals surface area contributed by atoms with Crippen molar-refractivity contribution in [3.8, 4) is 0 Å². The topological polar surface area (TPSA) is 51.2 Å². The maximum atomic E-state index is 10.7. The molecule has 1 N–H and O–H groups in total. The van der Waals surface area contributed by atoms with Crippen LogP contribution in [-0.2, 0) is 27.4 Å². The average molecular weight is 357 g/mol. The summed E-state index contributed by atoms with van der Waals surface area (Å²) in [6, 6.07) is 19.5. The molecule has 5 nitrogen and oxygen atoms in total. The van der Waals surface area contributed by atoms with Crippen LogP contribution in [0.25, 0.3) is 0 Å². The highest BCUT2D eigenvalue weighted by Gasteiger charge is 2.39. The van der Waals surface area contributed by atoms with Crippen LogP contribution in [0, 0.1) is 0 Å². The molecule has 0 spiro atoms. The zero-order valence-electron chi connectivity index (χ0n) is 15.4. The fraction of sp³-hybridized carbons (Fsp3) is 0.429. The normalized spacial score (nSPS) is 20.4. The minimum Gasteiger partial charge on any atom is -0.375 e. The molecule has 0 unspecified atom stereocenters. The molecular formula is C21H27NO4. The number of nitrogens with zero attached hydrogens (tertiary/aromatic N) is 1. The number of rotatable bonds is 8. The third-order valence-electron chi connectivity index (χ3n) is 4.43. The Morgan fingerprint density at radius 3 is 2.27 bits per heavy atom. The van der Waals surface area contributed by atoms with E-state index in [1.165, 1.54) is 5.06 Å². The molecule has 1 saturated heterocycles. The van der Waals surface area contributed by atoms with Crippen LogP contribution in [0.4, 0.5) is 0 Å². The molecule has 2 aromatic carbocycles. The Bertz CT molecular complexity index is 662. The van der Waals surface area contributed by atoms with E-state index in [4.69, 9.17) is 14.2 Å². The van der Waals surface area contributed by atoms with Crippen molar-refractivity contribution in [2.45, 2.75) is 44.9 Å². The van der Waals surface area contributed by atoms with Crippen molar-refractivity contribution < 1.29 is 19.4 Å². The second kappa shape index (κ2) is 8.75. The largest absolute Gasteiger partial charge is 0.375 e. The first-order valence-electron chi connectivity index (χ1n) is 8.96. The van der Waals surface area contributed by atoms with Crippen molar-refractivity contribution in [1.29, 1.82) is 0 Å². The Morgan fingerprint density at radius 1 is 1.08 bits per heavy atom. The van der Waals surface area contributed by atoms with Gasteiger partial charge in [-0.25, -0.2) is 0 Å². The summed E-state index contributed by atoms with van der Waals surface area (Å²) in [5.41, 5.74) is 2.13. The van der Waals surface area contributed by atoms with Crippen LogP contribution in [0.2, 0.25) is 0 Å². The first-order chi connectivity index (χ1) is 12.5. The second-order valence-electron chi connectivity index (χ2n) is 7.02. The molecule has 0 aromatic heterocycles. The summed E-state index contributed by atoms with van der Waals surface area (Å²) in [5.74, 6) is -0.643. The zero-order chi connectivity index (χ0) is 18.4. The Balaban J connectivity index is 1.63. The lowest BCUT2D eigenvalue weighted by Crippen LogP contribution is -2.46. The van der Waals surface area contributed by atoms with Crippen molar-refractivity contribution >= 4 is 0 Å². The Morgan fingerprint density at radius 2 is 1.69 bits per heavy atom. The van der Waals surface area contributed by atoms with Gasteiger partial charge in [-0.3, -0.25) is 0 Å². The highest BCUT2D eigenvalue weighted by Crippen LogP contribution is 2.26. The number of hydrogen-bond acceptors (Lipinski definition) is 5. The van der Waals surface area contributed by atoms with Gasteiger partial charge >= 0.3 is 0 Å². The third-order valence-corrected chi connectivity index (χ3v) is 4.43. The van der Waals surface area contributed by atoms with E-state index in [2.05, 4.69) is 0 Å². The van der Waals surface area contributed by atoms with E-state index in [0.29, 0.717) is 26.4 Å². The number of hydroxylamine groups is 2. The van der Waals surface area contributed by atoms with Gasteiger partial charge in [-0.15, -0.1) is 0 Å². The van der Waals surface area contributed by atoms with Crippen molar-refractivity contribution in [2.24, 2.45) is 0 Å². The van der Waals surface area contributed by atoms with E-state index in [1.807, 2.05) is 74.5 Å². The molecule has 26 heavy (non-hydrogen) atoms. The minimum atomic E-state index is -0.643. The summed E-state index contributed by atoms with van der Waals surface area (Å²) in [7, 11) is 0. The van der Waals surface area contributed by atoms with Crippen molar-refractivity contribution in [3.05, 3.63) is 71.8 Å². The van der Waals surface area contributed by atoms with E-state index in [9.17, 15) is 5.21 Å². The number of hydrogen-bond donors (Lipinski definition) is 1. The maximum Gasteiger partial charge on any atom is 0.163 e. The molecule has 0 bridgehead atoms. The maximum absolute atomic E-state index is 10.7. The van der Waals surface area contributed by atoms with Gasteiger partial charge in [-0.2, -0.15) is 5.06 Å². The van der Waals surface area contributed by atoms with Crippen LogP contribution in [0.3, 0.4) is 0 Å². The SMILES string of the molecule is CC1(C)OC[C@H]([C@H](COCc2ccccc2)N(O)Cc2ccccc2)O1. The lowest BCUT2D eigenvalue weighted by molar-refractivity contribution is -0.200. The molecule has 1 fully saturated rings. The molecule has 5 heteroatoms. The van der Waals surface area contributed by atoms with Gasteiger partial charge in [-0.05, 0) is 25.0 Å². The van der Waals surface area contributed by atoms with Gasteiger partial charge in [0, 0.05) is 6.54 Å². The van der Waals surface area contributed by atoms with Gasteiger partial charge < -0.3 is 19.4 Å². The van der Waals surface area contributed by atoms with Gasteiger partial charge in [0.2, 0.25) is 0 Å². The summed E-state index contributed by atoms with van der Waals surface area (Å²) in [5, 5.41) is 12.0. The molecule has 1 aliphatic heterocycles. The van der Waals surface area contributed by atoms with Crippen LogP contribution in [0.5, 0.6) is 0 Å². The van der Waals surface area contributed by atoms with Crippen LogP contribution in [0.1, 0.15) is 25.0 Å². The fourth-order valence-electron chi connectivity index (χ4n) is 3.05. The van der Waals surface area contributed by atoms with E-state index in [0.717, 1.165) is 11.1 Å². The third kappa shape index (κ3) is 5.37. The summed E-state index contributed by atoms with van der Waals surface area (Å²) >= 11 is 0. The van der Waals surface area contributed by atoms with Crippen molar-refractivity contribution in [1.82, 2.24) is 5.06 Å². The predicted octanol–water partition coefficient (Wildman–Crippen LogP) is 3.61. The Kier molecular flexibility index (Phi) is 6.40. The monoisotopic (exact) mass is 357 g/mol. The molecule has 0 saturated carbocycles. The molecule has 0 radical (unpaired) electrons. The molecule has 3 rings (SSSR count).